The van der Waals surface area contributed by atoms with E-state index in [0.29, 0.717) is 12.5 Å². The van der Waals surface area contributed by atoms with E-state index in [1.807, 2.05) is 0 Å². The van der Waals surface area contributed by atoms with Crippen molar-refractivity contribution < 1.29 is 27.9 Å². The van der Waals surface area contributed by atoms with Gasteiger partial charge in [0.05, 0.1) is 0 Å². The highest BCUT2D eigenvalue weighted by atomic mass is 19.2. The topological polar surface area (TPSA) is 80.4 Å². The summed E-state index contributed by atoms with van der Waals surface area (Å²) in [5.74, 6) is -4.21. The molecule has 0 unspecified atom stereocenters. The number of aldehydes is 1. The summed E-state index contributed by atoms with van der Waals surface area (Å²) in [6, 6.07) is 1.22. The predicted molar refractivity (Wildman–Crippen MR) is 96.2 cm³/mol. The molecule has 0 atom stereocenters. The number of carboxylic acid groups (broad SMARTS) is 1. The number of rotatable bonds is 8. The van der Waals surface area contributed by atoms with Crippen LogP contribution in [-0.2, 0) is 16.0 Å². The van der Waals surface area contributed by atoms with Crippen LogP contribution in [0.4, 0.5) is 13.2 Å². The Hall–Kier alpha value is -2.67. The molecule has 0 saturated carbocycles. The Balaban J connectivity index is 0. The Kier molecular flexibility index (Phi) is 15.6. The van der Waals surface area contributed by atoms with Crippen LogP contribution in [0.15, 0.2) is 49.1 Å². The van der Waals surface area contributed by atoms with Crippen molar-refractivity contribution in [1.29, 1.82) is 0 Å². The van der Waals surface area contributed by atoms with Crippen molar-refractivity contribution in [3.8, 4) is 0 Å². The minimum absolute atomic E-state index is 0.00449. The lowest BCUT2D eigenvalue weighted by Gasteiger charge is -2.02. The largest absolute Gasteiger partial charge is 0.481 e. The van der Waals surface area contributed by atoms with Crippen LogP contribution in [-0.4, -0.2) is 24.4 Å². The Labute approximate surface area is 151 Å². The second-order valence-electron chi connectivity index (χ2n) is 4.66. The zero-order valence-corrected chi connectivity index (χ0v) is 14.7. The third-order valence-corrected chi connectivity index (χ3v) is 2.84. The van der Waals surface area contributed by atoms with Crippen LogP contribution in [0.3, 0.4) is 0 Å². The van der Waals surface area contributed by atoms with Crippen LogP contribution < -0.4 is 5.73 Å². The number of nitrogens with two attached hydrogens (primary N) is 1. The minimum atomic E-state index is -1.24. The standard InChI is InChI=1S/C10H9F3O2.C8H10O.CH5N/c11-7-5-9(13)8(12)4-6(7)2-1-3-10(14)15;1-3-5-8(4-2)6-7-9;1-2/h4-5H,1-3H2,(H,14,15);3-5,7H,1-2,6H2;2H2,1H3/b;8-5+;. The van der Waals surface area contributed by atoms with Gasteiger partial charge in [0.2, 0.25) is 0 Å². The van der Waals surface area contributed by atoms with Crippen LogP contribution in [0.2, 0.25) is 0 Å². The van der Waals surface area contributed by atoms with Gasteiger partial charge in [-0.15, -0.1) is 0 Å². The minimum Gasteiger partial charge on any atom is -0.481 e. The van der Waals surface area contributed by atoms with Gasteiger partial charge in [0, 0.05) is 18.9 Å². The van der Waals surface area contributed by atoms with Gasteiger partial charge < -0.3 is 15.6 Å². The Morgan fingerprint density at radius 1 is 1.15 bits per heavy atom. The molecule has 0 bridgehead atoms. The lowest BCUT2D eigenvalue weighted by atomic mass is 10.1. The van der Waals surface area contributed by atoms with Crippen LogP contribution in [0.25, 0.3) is 0 Å². The van der Waals surface area contributed by atoms with E-state index in [1.165, 1.54) is 7.05 Å². The number of aliphatic carboxylic acids is 1. The molecule has 0 aliphatic carbocycles. The van der Waals surface area contributed by atoms with Gasteiger partial charge in [-0.1, -0.05) is 31.4 Å². The van der Waals surface area contributed by atoms with Crippen LogP contribution in [0, 0.1) is 17.5 Å². The molecule has 0 amide bonds. The number of halogens is 3. The van der Waals surface area contributed by atoms with Crippen molar-refractivity contribution in [2.45, 2.75) is 25.7 Å². The highest BCUT2D eigenvalue weighted by Gasteiger charge is 2.09. The molecule has 3 N–H and O–H groups in total. The number of carboxylic acids is 1. The van der Waals surface area contributed by atoms with E-state index < -0.39 is 23.4 Å². The maximum Gasteiger partial charge on any atom is 0.303 e. The third kappa shape index (κ3) is 11.8. The van der Waals surface area contributed by atoms with Gasteiger partial charge in [0.15, 0.2) is 11.6 Å². The van der Waals surface area contributed by atoms with Crippen LogP contribution in [0.5, 0.6) is 0 Å². The molecule has 7 heteroatoms. The van der Waals surface area contributed by atoms with E-state index >= 15 is 0 Å². The van der Waals surface area contributed by atoms with Crippen molar-refractivity contribution in [1.82, 2.24) is 0 Å². The summed E-state index contributed by atoms with van der Waals surface area (Å²) in [5.41, 5.74) is 5.40. The maximum atomic E-state index is 13.0. The first-order valence-corrected chi connectivity index (χ1v) is 7.66. The molecule has 0 saturated heterocycles. The Bertz CT molecular complexity index is 629. The fourth-order valence-electron chi connectivity index (χ4n) is 1.65. The van der Waals surface area contributed by atoms with Crippen LogP contribution >= 0.6 is 0 Å². The monoisotopic (exact) mass is 371 g/mol. The number of carbonyl (C=O) groups excluding carboxylic acids is 1. The first kappa shape index (κ1) is 25.6. The van der Waals surface area contributed by atoms with Crippen LogP contribution in [0.1, 0.15) is 24.8 Å². The molecular weight excluding hydrogens is 347 g/mol. The van der Waals surface area contributed by atoms with E-state index in [1.54, 1.807) is 18.2 Å². The second kappa shape index (κ2) is 15.8. The third-order valence-electron chi connectivity index (χ3n) is 2.84. The SMILES string of the molecule is C=C/C=C(\C=C)CC=O.CN.O=C(O)CCCc1cc(F)c(F)cc1F. The van der Waals surface area contributed by atoms with Crippen molar-refractivity contribution in [3.05, 3.63) is 72.1 Å². The van der Waals surface area contributed by atoms with E-state index in [2.05, 4.69) is 18.9 Å². The van der Waals surface area contributed by atoms with Gasteiger partial charge in [0.25, 0.3) is 0 Å². The highest BCUT2D eigenvalue weighted by molar-refractivity contribution is 5.66. The summed E-state index contributed by atoms with van der Waals surface area (Å²) < 4.78 is 38.2. The molecule has 0 aliphatic rings. The molecule has 26 heavy (non-hydrogen) atoms. The zero-order chi connectivity index (χ0) is 20.5. The molecule has 1 aromatic rings. The number of carbonyl (C=O) groups is 2. The number of hydrogen-bond donors (Lipinski definition) is 2. The normalized spacial score (nSPS) is 9.81. The average molecular weight is 371 g/mol. The molecule has 0 radical (unpaired) electrons. The predicted octanol–water partition coefficient (Wildman–Crippen LogP) is 3.96. The summed E-state index contributed by atoms with van der Waals surface area (Å²) in [7, 11) is 1.50. The van der Waals surface area contributed by atoms with Gasteiger partial charge in [0.1, 0.15) is 12.1 Å². The quantitative estimate of drug-likeness (QED) is 0.412. The molecule has 1 aromatic carbocycles. The fourth-order valence-corrected chi connectivity index (χ4v) is 1.65. The molecule has 1 rings (SSSR count). The van der Waals surface area contributed by atoms with Gasteiger partial charge in [-0.25, -0.2) is 13.2 Å². The lowest BCUT2D eigenvalue weighted by Crippen LogP contribution is -1.99. The average Bonchev–Trinajstić information content (AvgIpc) is 2.61. The summed E-state index contributed by atoms with van der Waals surface area (Å²) in [4.78, 5) is 20.1. The molecule has 0 fully saturated rings. The molecule has 0 heterocycles. The van der Waals surface area contributed by atoms with Crippen molar-refractivity contribution >= 4 is 12.3 Å². The Morgan fingerprint density at radius 2 is 1.73 bits per heavy atom. The summed E-state index contributed by atoms with van der Waals surface area (Å²) >= 11 is 0. The van der Waals surface area contributed by atoms with Gasteiger partial charge in [-0.2, -0.15) is 0 Å². The van der Waals surface area contributed by atoms with Gasteiger partial charge >= 0.3 is 5.97 Å². The molecule has 0 aromatic heterocycles. The summed E-state index contributed by atoms with van der Waals surface area (Å²) in [5, 5.41) is 8.33. The molecule has 0 aliphatic heterocycles. The fraction of sp³-hybridized carbons (Fsp3) is 0.263. The number of hydrogen-bond acceptors (Lipinski definition) is 3. The first-order valence-electron chi connectivity index (χ1n) is 7.66. The molecule has 4 nitrogen and oxygen atoms in total. The highest BCUT2D eigenvalue weighted by Crippen LogP contribution is 2.15. The first-order chi connectivity index (χ1) is 12.3. The number of allylic oxidation sites excluding steroid dienone is 4. The van der Waals surface area contributed by atoms with E-state index in [9.17, 15) is 22.8 Å². The lowest BCUT2D eigenvalue weighted by molar-refractivity contribution is -0.137. The number of benzene rings is 1. The van der Waals surface area contributed by atoms with Crippen molar-refractivity contribution in [2.24, 2.45) is 5.73 Å². The van der Waals surface area contributed by atoms with Crippen molar-refractivity contribution in [2.75, 3.05) is 7.05 Å². The zero-order valence-electron chi connectivity index (χ0n) is 14.7. The molecule has 144 valence electrons. The van der Waals surface area contributed by atoms with Crippen molar-refractivity contribution in [3.63, 3.8) is 0 Å². The van der Waals surface area contributed by atoms with Gasteiger partial charge in [-0.05, 0) is 37.1 Å². The summed E-state index contributed by atoms with van der Waals surface area (Å²) in [6.07, 6.45) is 6.47. The van der Waals surface area contributed by atoms with Gasteiger partial charge in [-0.3, -0.25) is 4.79 Å². The second-order valence-corrected chi connectivity index (χ2v) is 4.66. The Morgan fingerprint density at radius 3 is 2.19 bits per heavy atom. The maximum absolute atomic E-state index is 13.0. The summed E-state index contributed by atoms with van der Waals surface area (Å²) in [6.45, 7) is 7.01. The molecular formula is C19H24F3NO3. The van der Waals surface area contributed by atoms with E-state index in [-0.39, 0.29) is 24.8 Å². The van der Waals surface area contributed by atoms with E-state index in [4.69, 9.17) is 5.11 Å². The number of aryl methyl sites for hydroxylation is 1. The molecule has 0 spiro atoms. The van der Waals surface area contributed by atoms with E-state index in [0.717, 1.165) is 17.9 Å². The smallest absolute Gasteiger partial charge is 0.303 e.